The maximum atomic E-state index is 13.6. The lowest BCUT2D eigenvalue weighted by Gasteiger charge is -2.37. The van der Waals surface area contributed by atoms with Crippen LogP contribution in [0.2, 0.25) is 0 Å². The van der Waals surface area contributed by atoms with Gasteiger partial charge in [-0.05, 0) is 37.6 Å². The van der Waals surface area contributed by atoms with Gasteiger partial charge in [-0.3, -0.25) is 19.2 Å². The molecule has 38 heavy (non-hydrogen) atoms. The number of anilines is 1. The number of aromatic nitrogens is 2. The maximum Gasteiger partial charge on any atom is 0.282 e. The van der Waals surface area contributed by atoms with Gasteiger partial charge in [0.15, 0.2) is 5.78 Å². The summed E-state index contributed by atoms with van der Waals surface area (Å²) in [7, 11) is 0. The zero-order valence-electron chi connectivity index (χ0n) is 22.0. The number of aliphatic hydroxyl groups excluding tert-OH is 1. The fourth-order valence-electron chi connectivity index (χ4n) is 5.33. The number of nitrogens with zero attached hydrogens (tertiary/aromatic N) is 4. The monoisotopic (exact) mass is 510 g/mol. The number of carbonyl (C=O) groups is 1. The van der Waals surface area contributed by atoms with Gasteiger partial charge in [0.1, 0.15) is 5.56 Å². The number of aryl methyl sites for hydroxylation is 1. The van der Waals surface area contributed by atoms with E-state index in [1.807, 2.05) is 36.4 Å². The van der Waals surface area contributed by atoms with Crippen molar-refractivity contribution in [3.8, 4) is 5.69 Å². The summed E-state index contributed by atoms with van der Waals surface area (Å²) in [5.74, 6) is -0.307. The lowest BCUT2D eigenvalue weighted by molar-refractivity contribution is 0.0894. The molecule has 1 atom stereocenters. The number of rotatable bonds is 8. The van der Waals surface area contributed by atoms with E-state index in [9.17, 15) is 14.7 Å². The smallest absolute Gasteiger partial charge is 0.282 e. The summed E-state index contributed by atoms with van der Waals surface area (Å²) in [4.78, 5) is 31.6. The molecule has 1 N–H and O–H groups in total. The van der Waals surface area contributed by atoms with Gasteiger partial charge in [0, 0.05) is 49.7 Å². The van der Waals surface area contributed by atoms with E-state index < -0.39 is 6.10 Å². The summed E-state index contributed by atoms with van der Waals surface area (Å²) in [5.41, 5.74) is 3.97. The average Bonchev–Trinajstić information content (AvgIpc) is 3.18. The highest BCUT2D eigenvalue weighted by Gasteiger charge is 2.27. The largest absolute Gasteiger partial charge is 0.390 e. The van der Waals surface area contributed by atoms with E-state index in [1.54, 1.807) is 35.9 Å². The molecule has 1 aliphatic rings. The molecule has 7 nitrogen and oxygen atoms in total. The van der Waals surface area contributed by atoms with E-state index in [2.05, 4.69) is 41.0 Å². The zero-order chi connectivity index (χ0) is 26.6. The second-order valence-corrected chi connectivity index (χ2v) is 9.92. The first-order valence-electron chi connectivity index (χ1n) is 13.1. The molecule has 5 rings (SSSR count). The molecule has 0 saturated carbocycles. The minimum atomic E-state index is -0.708. The van der Waals surface area contributed by atoms with Gasteiger partial charge in [-0.25, -0.2) is 4.68 Å². The van der Waals surface area contributed by atoms with E-state index in [0.29, 0.717) is 23.5 Å². The van der Waals surface area contributed by atoms with Crippen LogP contribution < -0.4 is 10.5 Å². The topological polar surface area (TPSA) is 70.7 Å². The number of carbonyl (C=O) groups excluding carboxylic acids is 1. The predicted octanol–water partition coefficient (Wildman–Crippen LogP) is 3.67. The van der Waals surface area contributed by atoms with E-state index in [-0.39, 0.29) is 23.5 Å². The van der Waals surface area contributed by atoms with Crippen molar-refractivity contribution in [2.24, 2.45) is 0 Å². The van der Waals surface area contributed by atoms with E-state index in [0.717, 1.165) is 26.2 Å². The van der Waals surface area contributed by atoms with Crippen molar-refractivity contribution in [3.05, 3.63) is 118 Å². The van der Waals surface area contributed by atoms with Crippen molar-refractivity contribution < 1.29 is 9.90 Å². The number of aliphatic hydroxyl groups is 1. The molecule has 2 heterocycles. The molecule has 196 valence electrons. The summed E-state index contributed by atoms with van der Waals surface area (Å²) in [5, 5.41) is 11.2. The summed E-state index contributed by atoms with van der Waals surface area (Å²) in [6.07, 6.45) is -0.708. The predicted molar refractivity (Wildman–Crippen MR) is 150 cm³/mol. The molecule has 0 bridgehead atoms. The molecule has 0 radical (unpaired) electrons. The zero-order valence-corrected chi connectivity index (χ0v) is 22.0. The third kappa shape index (κ3) is 5.21. The highest BCUT2D eigenvalue weighted by Crippen LogP contribution is 2.21. The highest BCUT2D eigenvalue weighted by atomic mass is 16.3. The molecule has 3 aromatic carbocycles. The number of piperazine rings is 1. The van der Waals surface area contributed by atoms with Crippen LogP contribution in [0.4, 0.5) is 5.69 Å². The first-order valence-corrected chi connectivity index (χ1v) is 13.1. The highest BCUT2D eigenvalue weighted by molar-refractivity contribution is 6.09. The van der Waals surface area contributed by atoms with Crippen LogP contribution in [0.3, 0.4) is 0 Å². The minimum absolute atomic E-state index is 0.138. The summed E-state index contributed by atoms with van der Waals surface area (Å²) in [6, 6.07) is 26.6. The second kappa shape index (κ2) is 11.2. The number of β-amino-alcohol motifs (C(OH)–C–C–N with tert-alkyl or cyclic N) is 1. The quantitative estimate of drug-likeness (QED) is 0.367. The molecule has 7 heteroatoms. The number of hydrogen-bond acceptors (Lipinski definition) is 5. The fraction of sp³-hybridized carbons (Fsp3) is 0.290. The van der Waals surface area contributed by atoms with Gasteiger partial charge in [-0.1, -0.05) is 66.7 Å². The third-order valence-electron chi connectivity index (χ3n) is 7.34. The van der Waals surface area contributed by atoms with Crippen molar-refractivity contribution in [2.75, 3.05) is 37.6 Å². The van der Waals surface area contributed by atoms with Crippen LogP contribution in [0.25, 0.3) is 5.69 Å². The summed E-state index contributed by atoms with van der Waals surface area (Å²) < 4.78 is 3.27. The maximum absolute atomic E-state index is 13.6. The molecule has 0 amide bonds. The van der Waals surface area contributed by atoms with Crippen LogP contribution in [0, 0.1) is 13.8 Å². The van der Waals surface area contributed by atoms with Crippen LogP contribution in [0.5, 0.6) is 0 Å². The average molecular weight is 511 g/mol. The molecule has 1 fully saturated rings. The van der Waals surface area contributed by atoms with Gasteiger partial charge >= 0.3 is 0 Å². The van der Waals surface area contributed by atoms with Gasteiger partial charge in [0.25, 0.3) is 5.56 Å². The molecule has 0 aliphatic carbocycles. The lowest BCUT2D eigenvalue weighted by atomic mass is 10.0. The normalized spacial score (nSPS) is 15.0. The molecule has 1 aromatic heterocycles. The molecule has 0 unspecified atom stereocenters. The lowest BCUT2D eigenvalue weighted by Crippen LogP contribution is -2.49. The Morgan fingerprint density at radius 3 is 2.08 bits per heavy atom. The van der Waals surface area contributed by atoms with E-state index >= 15 is 0 Å². The first-order chi connectivity index (χ1) is 18.4. The molecule has 1 saturated heterocycles. The summed E-state index contributed by atoms with van der Waals surface area (Å²) in [6.45, 7) is 8.09. The van der Waals surface area contributed by atoms with Crippen molar-refractivity contribution in [1.82, 2.24) is 14.3 Å². The van der Waals surface area contributed by atoms with E-state index in [1.165, 1.54) is 15.9 Å². The van der Waals surface area contributed by atoms with Gasteiger partial charge < -0.3 is 10.0 Å². The van der Waals surface area contributed by atoms with Crippen molar-refractivity contribution in [1.29, 1.82) is 0 Å². The third-order valence-corrected chi connectivity index (χ3v) is 7.34. The number of para-hydroxylation sites is 2. The van der Waals surface area contributed by atoms with Crippen molar-refractivity contribution in [2.45, 2.75) is 26.5 Å². The van der Waals surface area contributed by atoms with Gasteiger partial charge in [0.05, 0.1) is 18.3 Å². The van der Waals surface area contributed by atoms with Crippen LogP contribution in [0.15, 0.2) is 89.7 Å². The Morgan fingerprint density at radius 1 is 0.816 bits per heavy atom. The van der Waals surface area contributed by atoms with Gasteiger partial charge in [-0.15, -0.1) is 0 Å². The van der Waals surface area contributed by atoms with Gasteiger partial charge in [0.2, 0.25) is 0 Å². The van der Waals surface area contributed by atoms with Crippen LogP contribution in [-0.2, 0) is 6.54 Å². The first kappa shape index (κ1) is 25.7. The Hall–Kier alpha value is -3.94. The van der Waals surface area contributed by atoms with Crippen LogP contribution in [-0.4, -0.2) is 64.0 Å². The van der Waals surface area contributed by atoms with Crippen molar-refractivity contribution >= 4 is 11.5 Å². The Balaban J connectivity index is 1.36. The number of hydrogen-bond donors (Lipinski definition) is 1. The Morgan fingerprint density at radius 2 is 1.42 bits per heavy atom. The number of benzene rings is 3. The molecule has 1 aliphatic heterocycles. The van der Waals surface area contributed by atoms with E-state index in [4.69, 9.17) is 0 Å². The SMILES string of the molecule is Cc1ccccc1N1CCN(C[C@@H](O)Cn2c(C)c(C(=O)c3ccccc3)c(=O)n2-c2ccccc2)CC1. The fourth-order valence-corrected chi connectivity index (χ4v) is 5.33. The molecular weight excluding hydrogens is 476 g/mol. The minimum Gasteiger partial charge on any atom is -0.390 e. The van der Waals surface area contributed by atoms with Gasteiger partial charge in [-0.2, -0.15) is 0 Å². The Bertz CT molecular complexity index is 1450. The Kier molecular flexibility index (Phi) is 7.58. The number of ketones is 1. The molecular formula is C31H34N4O3. The summed E-state index contributed by atoms with van der Waals surface area (Å²) >= 11 is 0. The van der Waals surface area contributed by atoms with Crippen LogP contribution in [0.1, 0.15) is 27.2 Å². The van der Waals surface area contributed by atoms with Crippen molar-refractivity contribution in [3.63, 3.8) is 0 Å². The second-order valence-electron chi connectivity index (χ2n) is 9.92. The standard InChI is InChI=1S/C31H34N4O3/c1-23-11-9-10-16-28(23)33-19-17-32(18-20-33)21-27(36)22-34-24(2)29(30(37)25-12-5-3-6-13-25)31(38)35(34)26-14-7-4-8-15-26/h3-16,27,36H,17-22H2,1-2H3/t27-/m1/s1. The Labute approximate surface area is 223 Å². The molecule has 4 aromatic rings. The molecule has 0 spiro atoms. The van der Waals surface area contributed by atoms with Crippen LogP contribution >= 0.6 is 0 Å².